The van der Waals surface area contributed by atoms with E-state index in [1.165, 1.54) is 28.9 Å². The molecule has 2 saturated heterocycles. The molecule has 3 fully saturated rings. The molecule has 3 aliphatic rings. The maximum Gasteiger partial charge on any atom is 0.229 e. The second-order valence-corrected chi connectivity index (χ2v) is 12.1. The van der Waals surface area contributed by atoms with Crippen LogP contribution in [0.5, 0.6) is 0 Å². The molecule has 0 aromatic heterocycles. The van der Waals surface area contributed by atoms with Gasteiger partial charge in [0.1, 0.15) is 0 Å². The number of thioether (sulfide) groups is 1. The molecule has 1 saturated carbocycles. The molecule has 1 aliphatic carbocycles. The average molecular weight is 556 g/mol. The number of nitrogens with zero attached hydrogens (tertiary/aromatic N) is 2. The van der Waals surface area contributed by atoms with Crippen molar-refractivity contribution in [2.24, 2.45) is 11.3 Å². The third kappa shape index (κ3) is 6.75. The highest BCUT2D eigenvalue weighted by molar-refractivity contribution is 7.98. The Morgan fingerprint density at radius 3 is 2.32 bits per heavy atom. The third-order valence-corrected chi connectivity index (χ3v) is 9.67. The van der Waals surface area contributed by atoms with Crippen LogP contribution in [0.25, 0.3) is 0 Å². The lowest BCUT2D eigenvalue weighted by molar-refractivity contribution is -0.139. The fraction of sp³-hybridized carbons (Fsp3) is 0.548. The topological polar surface area (TPSA) is 52.6 Å². The highest BCUT2D eigenvalue weighted by Gasteiger charge is 2.47. The van der Waals surface area contributed by atoms with Crippen LogP contribution in [0.4, 0.5) is 0 Å². The Morgan fingerprint density at radius 1 is 1.00 bits per heavy atom. The Kier molecular flexibility index (Phi) is 10.2. The van der Waals surface area contributed by atoms with Gasteiger partial charge in [-0.2, -0.15) is 0 Å². The molecule has 206 valence electrons. The maximum absolute atomic E-state index is 13.5. The summed E-state index contributed by atoms with van der Waals surface area (Å²) in [6.07, 6.45) is 10.2. The van der Waals surface area contributed by atoms with E-state index >= 15 is 0 Å². The van der Waals surface area contributed by atoms with Crippen LogP contribution in [0.15, 0.2) is 59.5 Å². The maximum atomic E-state index is 13.5. The second-order valence-electron chi connectivity index (χ2n) is 11.2. The zero-order valence-corrected chi connectivity index (χ0v) is 24.2. The lowest BCUT2D eigenvalue weighted by Gasteiger charge is -2.38. The van der Waals surface area contributed by atoms with Gasteiger partial charge in [-0.05, 0) is 81.1 Å². The molecule has 7 heteroatoms. The molecule has 2 heterocycles. The number of rotatable bonds is 9. The van der Waals surface area contributed by atoms with Crippen molar-refractivity contribution in [3.8, 4) is 0 Å². The smallest absolute Gasteiger partial charge is 0.229 e. The SMILES string of the molecule is CSc1ccc(CN2CCC3(CCN(CC[C@H](NC(=O)C4CCCC4)c4ccccc4)CC3)C2=O)cc1.Cl. The minimum absolute atomic E-state index is 0. The van der Waals surface area contributed by atoms with Crippen molar-refractivity contribution in [3.05, 3.63) is 65.7 Å². The van der Waals surface area contributed by atoms with E-state index in [2.05, 4.69) is 69.9 Å². The number of carbonyl (C=O) groups is 2. The molecule has 2 aromatic rings. The number of hydrogen-bond donors (Lipinski definition) is 1. The van der Waals surface area contributed by atoms with Crippen LogP contribution in [-0.2, 0) is 16.1 Å². The van der Waals surface area contributed by atoms with Crippen molar-refractivity contribution < 1.29 is 9.59 Å². The fourth-order valence-electron chi connectivity index (χ4n) is 6.46. The number of benzene rings is 2. The summed E-state index contributed by atoms with van der Waals surface area (Å²) in [7, 11) is 0. The van der Waals surface area contributed by atoms with E-state index in [9.17, 15) is 9.59 Å². The summed E-state index contributed by atoms with van der Waals surface area (Å²) in [4.78, 5) is 32.2. The summed E-state index contributed by atoms with van der Waals surface area (Å²) in [5, 5.41) is 3.38. The van der Waals surface area contributed by atoms with Gasteiger partial charge in [0.05, 0.1) is 11.5 Å². The number of halogens is 1. The van der Waals surface area contributed by atoms with Gasteiger partial charge in [0, 0.05) is 30.4 Å². The first-order valence-corrected chi connectivity index (χ1v) is 15.3. The van der Waals surface area contributed by atoms with Gasteiger partial charge in [-0.1, -0.05) is 55.3 Å². The Bertz CT molecular complexity index is 1050. The van der Waals surface area contributed by atoms with Crippen LogP contribution in [-0.4, -0.2) is 54.0 Å². The van der Waals surface area contributed by atoms with Gasteiger partial charge in [-0.15, -0.1) is 24.2 Å². The van der Waals surface area contributed by atoms with Crippen molar-refractivity contribution in [2.75, 3.05) is 32.4 Å². The molecular formula is C31H42ClN3O2S. The van der Waals surface area contributed by atoms with Crippen molar-refractivity contribution in [3.63, 3.8) is 0 Å². The van der Waals surface area contributed by atoms with Crippen molar-refractivity contribution in [1.82, 2.24) is 15.1 Å². The summed E-state index contributed by atoms with van der Waals surface area (Å²) in [6.45, 7) is 4.45. The number of piperidine rings is 1. The molecule has 5 nitrogen and oxygen atoms in total. The third-order valence-electron chi connectivity index (χ3n) is 8.93. The predicted octanol–water partition coefficient (Wildman–Crippen LogP) is 6.08. The van der Waals surface area contributed by atoms with Crippen LogP contribution in [0.3, 0.4) is 0 Å². The van der Waals surface area contributed by atoms with Crippen LogP contribution in [0.1, 0.15) is 68.5 Å². The van der Waals surface area contributed by atoms with Gasteiger partial charge < -0.3 is 15.1 Å². The Balaban J connectivity index is 0.00000336. The van der Waals surface area contributed by atoms with E-state index < -0.39 is 0 Å². The van der Waals surface area contributed by atoms with Gasteiger partial charge in [-0.3, -0.25) is 9.59 Å². The summed E-state index contributed by atoms with van der Waals surface area (Å²) in [6, 6.07) is 19.1. The zero-order chi connectivity index (χ0) is 25.7. The quantitative estimate of drug-likeness (QED) is 0.381. The van der Waals surface area contributed by atoms with E-state index in [-0.39, 0.29) is 35.7 Å². The summed E-state index contributed by atoms with van der Waals surface area (Å²) >= 11 is 1.75. The van der Waals surface area contributed by atoms with E-state index in [0.717, 1.165) is 71.2 Å². The molecular weight excluding hydrogens is 514 g/mol. The molecule has 38 heavy (non-hydrogen) atoms. The predicted molar refractivity (Wildman–Crippen MR) is 158 cm³/mol. The van der Waals surface area contributed by atoms with E-state index in [1.807, 2.05) is 6.07 Å². The minimum Gasteiger partial charge on any atom is -0.349 e. The zero-order valence-electron chi connectivity index (χ0n) is 22.6. The molecule has 2 amide bonds. The standard InChI is InChI=1S/C31H41N3O2S.ClH/c1-37-27-13-11-24(12-14-27)23-34-22-18-31(30(34)36)16-20-33(21-17-31)19-15-28(25-7-3-2-4-8-25)32-29(35)26-9-5-6-10-26;/h2-4,7-8,11-14,26,28H,5-6,9-10,15-23H2,1H3,(H,32,35);1H/t28-;/m0./s1. The van der Waals surface area contributed by atoms with Gasteiger partial charge in [0.2, 0.25) is 11.8 Å². The fourth-order valence-corrected chi connectivity index (χ4v) is 6.87. The highest BCUT2D eigenvalue weighted by atomic mass is 35.5. The number of likely N-dealkylation sites (tertiary alicyclic amines) is 2. The van der Waals surface area contributed by atoms with E-state index in [0.29, 0.717) is 5.91 Å². The first kappa shape index (κ1) is 29.0. The Hall–Kier alpha value is -2.02. The minimum atomic E-state index is -0.175. The summed E-state index contributed by atoms with van der Waals surface area (Å²) in [5.74, 6) is 0.761. The molecule has 1 spiro atoms. The van der Waals surface area contributed by atoms with Crippen molar-refractivity contribution >= 4 is 36.0 Å². The van der Waals surface area contributed by atoms with E-state index in [4.69, 9.17) is 0 Å². The number of nitrogens with one attached hydrogen (secondary N) is 1. The molecule has 1 N–H and O–H groups in total. The van der Waals surface area contributed by atoms with Crippen LogP contribution in [0, 0.1) is 11.3 Å². The van der Waals surface area contributed by atoms with Crippen molar-refractivity contribution in [2.45, 2.75) is 68.8 Å². The lowest BCUT2D eigenvalue weighted by atomic mass is 9.77. The van der Waals surface area contributed by atoms with Gasteiger partial charge in [-0.25, -0.2) is 0 Å². The monoisotopic (exact) mass is 555 g/mol. The normalized spacial score (nSPS) is 20.4. The van der Waals surface area contributed by atoms with Gasteiger partial charge in [0.25, 0.3) is 0 Å². The Morgan fingerprint density at radius 2 is 1.66 bits per heavy atom. The highest BCUT2D eigenvalue weighted by Crippen LogP contribution is 2.42. The molecule has 0 bridgehead atoms. The van der Waals surface area contributed by atoms with E-state index in [1.54, 1.807) is 11.8 Å². The van der Waals surface area contributed by atoms with Crippen LogP contribution >= 0.6 is 24.2 Å². The lowest BCUT2D eigenvalue weighted by Crippen LogP contribution is -2.45. The largest absolute Gasteiger partial charge is 0.349 e. The summed E-state index contributed by atoms with van der Waals surface area (Å²) in [5.41, 5.74) is 2.23. The number of carbonyl (C=O) groups excluding carboxylic acids is 2. The van der Waals surface area contributed by atoms with Crippen LogP contribution < -0.4 is 5.32 Å². The molecule has 2 aliphatic heterocycles. The second kappa shape index (κ2) is 13.4. The number of amides is 2. The van der Waals surface area contributed by atoms with Gasteiger partial charge in [0.15, 0.2) is 0 Å². The average Bonchev–Trinajstić information content (AvgIpc) is 3.58. The van der Waals surface area contributed by atoms with Crippen molar-refractivity contribution in [1.29, 1.82) is 0 Å². The summed E-state index contributed by atoms with van der Waals surface area (Å²) < 4.78 is 0. The molecule has 0 radical (unpaired) electrons. The van der Waals surface area contributed by atoms with Crippen LogP contribution in [0.2, 0.25) is 0 Å². The molecule has 5 rings (SSSR count). The molecule has 1 atom stereocenters. The molecule has 2 aromatic carbocycles. The Labute approximate surface area is 238 Å². The van der Waals surface area contributed by atoms with Gasteiger partial charge >= 0.3 is 0 Å². The first-order valence-electron chi connectivity index (χ1n) is 14.1. The first-order chi connectivity index (χ1) is 18.1. The molecule has 0 unspecified atom stereocenters. The number of hydrogen-bond acceptors (Lipinski definition) is 4.